The Morgan fingerprint density at radius 2 is 1.84 bits per heavy atom. The summed E-state index contributed by atoms with van der Waals surface area (Å²) in [4.78, 5) is 31.0. The molecule has 0 saturated carbocycles. The normalized spacial score (nSPS) is 35.7. The number of ether oxygens (including phenoxy) is 2. The molecule has 1 aromatic heterocycles. The third-order valence-electron chi connectivity index (χ3n) is 8.91. The van der Waals surface area contributed by atoms with Crippen LogP contribution in [0.4, 0.5) is 0 Å². The zero-order valence-electron chi connectivity index (χ0n) is 23.2. The maximum atomic E-state index is 13.3. The molecule has 4 rings (SSSR count). The van der Waals surface area contributed by atoms with Gasteiger partial charge in [-0.25, -0.2) is 4.98 Å². The number of epoxide rings is 1. The van der Waals surface area contributed by atoms with Crippen molar-refractivity contribution in [1.82, 2.24) is 9.55 Å². The van der Waals surface area contributed by atoms with E-state index in [1.807, 2.05) is 43.7 Å². The number of rotatable bonds is 1. The number of hydrogen-bond donors (Lipinski definition) is 2. The molecule has 0 bridgehead atoms. The standard InChI is InChI=1S/C29H42N2O6/c1-16-9-8-12-29(6)24(37-29)14-22(19-10-11-21-20(13-19)30-18(3)31(21)7)36-25(33)15-23(32)28(4,5)27(35)17(2)26(16)34/h10-11,13,16-17,22-24,26,32,34H,8-9,12,14-15H2,1-7H3/t16-,17+,22?,23-,24-,26?,29+/m0/s1. The van der Waals surface area contributed by atoms with Crippen molar-refractivity contribution in [3.05, 3.63) is 29.6 Å². The van der Waals surface area contributed by atoms with Gasteiger partial charge in [-0.05, 0) is 50.3 Å². The molecule has 8 nitrogen and oxygen atoms in total. The van der Waals surface area contributed by atoms with Gasteiger partial charge in [-0.3, -0.25) is 9.59 Å². The first-order chi connectivity index (χ1) is 17.2. The summed E-state index contributed by atoms with van der Waals surface area (Å²) in [6.07, 6.45) is -0.0873. The summed E-state index contributed by atoms with van der Waals surface area (Å²) < 4.78 is 14.1. The fourth-order valence-corrected chi connectivity index (χ4v) is 5.76. The van der Waals surface area contributed by atoms with Crippen molar-refractivity contribution >= 4 is 22.8 Å². The number of cyclic esters (lactones) is 1. The van der Waals surface area contributed by atoms with Crippen molar-refractivity contribution in [3.63, 3.8) is 0 Å². The van der Waals surface area contributed by atoms with Crippen LogP contribution in [-0.2, 0) is 26.1 Å². The van der Waals surface area contributed by atoms with Gasteiger partial charge < -0.3 is 24.3 Å². The number of imidazole rings is 1. The van der Waals surface area contributed by atoms with E-state index in [4.69, 9.17) is 9.47 Å². The van der Waals surface area contributed by atoms with Gasteiger partial charge in [0, 0.05) is 19.4 Å². The number of carbonyl (C=O) groups excluding carboxylic acids is 2. The van der Waals surface area contributed by atoms with Crippen molar-refractivity contribution < 1.29 is 29.3 Å². The van der Waals surface area contributed by atoms with Gasteiger partial charge in [-0.2, -0.15) is 0 Å². The maximum absolute atomic E-state index is 13.3. The first kappa shape index (κ1) is 27.7. The van der Waals surface area contributed by atoms with Crippen LogP contribution in [0.25, 0.3) is 11.0 Å². The highest BCUT2D eigenvalue weighted by Gasteiger charge is 2.53. The number of ketones is 1. The van der Waals surface area contributed by atoms with E-state index in [1.54, 1.807) is 20.8 Å². The highest BCUT2D eigenvalue weighted by Crippen LogP contribution is 2.46. The van der Waals surface area contributed by atoms with Crippen molar-refractivity contribution in [2.75, 3.05) is 0 Å². The number of aryl methyl sites for hydroxylation is 2. The molecule has 2 N–H and O–H groups in total. The van der Waals surface area contributed by atoms with Gasteiger partial charge in [-0.15, -0.1) is 0 Å². The Kier molecular flexibility index (Phi) is 7.58. The van der Waals surface area contributed by atoms with E-state index in [1.165, 1.54) is 0 Å². The molecule has 2 unspecified atom stereocenters. The number of aromatic nitrogens is 2. The monoisotopic (exact) mass is 514 g/mol. The van der Waals surface area contributed by atoms with Gasteiger partial charge in [0.05, 0.1) is 46.8 Å². The van der Waals surface area contributed by atoms with E-state index < -0.39 is 35.6 Å². The minimum Gasteiger partial charge on any atom is -0.457 e. The van der Waals surface area contributed by atoms with Crippen LogP contribution in [-0.4, -0.2) is 55.4 Å². The molecule has 0 radical (unpaired) electrons. The molecule has 0 spiro atoms. The van der Waals surface area contributed by atoms with Crippen LogP contribution >= 0.6 is 0 Å². The van der Waals surface area contributed by atoms with E-state index in [-0.39, 0.29) is 29.8 Å². The molecule has 2 aliphatic rings. The Labute approximate surface area is 219 Å². The molecular weight excluding hydrogens is 472 g/mol. The number of nitrogens with zero attached hydrogens (tertiary/aromatic N) is 2. The largest absolute Gasteiger partial charge is 0.457 e. The third-order valence-corrected chi connectivity index (χ3v) is 8.91. The first-order valence-electron chi connectivity index (χ1n) is 13.5. The minimum atomic E-state index is -1.24. The molecular formula is C29H42N2O6. The topological polar surface area (TPSA) is 114 Å². The van der Waals surface area contributed by atoms with Crippen LogP contribution < -0.4 is 0 Å². The number of fused-ring (bicyclic) bond motifs is 2. The average molecular weight is 515 g/mol. The van der Waals surface area contributed by atoms with Crippen LogP contribution in [0.15, 0.2) is 18.2 Å². The van der Waals surface area contributed by atoms with Crippen molar-refractivity contribution in [3.8, 4) is 0 Å². The summed E-state index contributed by atoms with van der Waals surface area (Å²) in [7, 11) is 1.96. The fraction of sp³-hybridized carbons (Fsp3) is 0.690. The number of Topliss-reactive ketones (excluding diaryl/α,β-unsaturated/α-hetero) is 1. The third kappa shape index (κ3) is 5.47. The lowest BCUT2D eigenvalue weighted by Crippen LogP contribution is -2.45. The van der Waals surface area contributed by atoms with Gasteiger partial charge in [0.1, 0.15) is 17.7 Å². The quantitative estimate of drug-likeness (QED) is 0.433. The highest BCUT2D eigenvalue weighted by molar-refractivity contribution is 5.88. The van der Waals surface area contributed by atoms with E-state index in [0.717, 1.165) is 41.7 Å². The molecule has 2 aliphatic heterocycles. The SMILES string of the molecule is Cc1nc2cc(C3C[C@@H]4O[C@]4(C)CCC[C@H](C)C(O)[C@@H](C)C(=O)C(C)(C)[C@@H](O)CC(=O)O3)ccc2n1C. The second-order valence-electron chi connectivity index (χ2n) is 12.1. The van der Waals surface area contributed by atoms with Crippen LogP contribution in [0.5, 0.6) is 0 Å². The van der Waals surface area contributed by atoms with Crippen molar-refractivity contribution in [2.45, 2.75) is 104 Å². The Bertz CT molecular complexity index is 1170. The van der Waals surface area contributed by atoms with Crippen LogP contribution in [0, 0.1) is 24.2 Å². The molecule has 7 atom stereocenters. The number of hydrogen-bond acceptors (Lipinski definition) is 7. The van der Waals surface area contributed by atoms with Crippen LogP contribution in [0.3, 0.4) is 0 Å². The number of aliphatic hydroxyl groups excluding tert-OH is 2. The molecule has 37 heavy (non-hydrogen) atoms. The van der Waals surface area contributed by atoms with E-state index in [0.29, 0.717) is 6.42 Å². The number of aliphatic hydroxyl groups is 2. The zero-order chi connectivity index (χ0) is 27.3. The van der Waals surface area contributed by atoms with Gasteiger partial charge in [0.15, 0.2) is 0 Å². The molecule has 204 valence electrons. The highest BCUT2D eigenvalue weighted by atomic mass is 16.6. The van der Waals surface area contributed by atoms with Crippen molar-refractivity contribution in [2.24, 2.45) is 24.3 Å². The lowest BCUT2D eigenvalue weighted by molar-refractivity contribution is -0.156. The molecule has 0 aliphatic carbocycles. The number of benzene rings is 1. The van der Waals surface area contributed by atoms with Gasteiger partial charge in [-0.1, -0.05) is 40.2 Å². The summed E-state index contributed by atoms with van der Waals surface area (Å²) in [5.41, 5.74) is 1.12. The van der Waals surface area contributed by atoms with Crippen LogP contribution in [0.1, 0.15) is 84.2 Å². The number of esters is 1. The summed E-state index contributed by atoms with van der Waals surface area (Å²) in [5.74, 6) is -0.683. The second-order valence-corrected chi connectivity index (χ2v) is 12.1. The molecule has 2 aromatic rings. The molecule has 0 amide bonds. The smallest absolute Gasteiger partial charge is 0.309 e. The summed E-state index contributed by atoms with van der Waals surface area (Å²) in [6.45, 7) is 10.9. The van der Waals surface area contributed by atoms with E-state index in [2.05, 4.69) is 11.9 Å². The molecule has 1 aromatic carbocycles. The Morgan fingerprint density at radius 3 is 2.54 bits per heavy atom. The van der Waals surface area contributed by atoms with E-state index in [9.17, 15) is 19.8 Å². The zero-order valence-corrected chi connectivity index (χ0v) is 23.2. The van der Waals surface area contributed by atoms with Crippen LogP contribution in [0.2, 0.25) is 0 Å². The van der Waals surface area contributed by atoms with E-state index >= 15 is 0 Å². The van der Waals surface area contributed by atoms with Gasteiger partial charge in [0.2, 0.25) is 0 Å². The second kappa shape index (κ2) is 10.1. The molecule has 3 heterocycles. The average Bonchev–Trinajstić information content (AvgIpc) is 3.38. The van der Waals surface area contributed by atoms with Gasteiger partial charge >= 0.3 is 5.97 Å². The molecule has 2 saturated heterocycles. The number of carbonyl (C=O) groups is 2. The summed E-state index contributed by atoms with van der Waals surface area (Å²) in [5, 5.41) is 21.8. The fourth-order valence-electron chi connectivity index (χ4n) is 5.76. The summed E-state index contributed by atoms with van der Waals surface area (Å²) >= 11 is 0. The summed E-state index contributed by atoms with van der Waals surface area (Å²) in [6, 6.07) is 5.89. The lowest BCUT2D eigenvalue weighted by atomic mass is 9.73. The lowest BCUT2D eigenvalue weighted by Gasteiger charge is -2.34. The predicted octanol–water partition coefficient (Wildman–Crippen LogP) is 4.18. The van der Waals surface area contributed by atoms with Gasteiger partial charge in [0.25, 0.3) is 0 Å². The molecule has 2 fully saturated rings. The minimum absolute atomic E-state index is 0.0681. The first-order valence-corrected chi connectivity index (χ1v) is 13.5. The Hall–Kier alpha value is -2.29. The maximum Gasteiger partial charge on any atom is 0.309 e. The van der Waals surface area contributed by atoms with Crippen molar-refractivity contribution in [1.29, 1.82) is 0 Å². The Morgan fingerprint density at radius 1 is 1.14 bits per heavy atom. The Balaban J connectivity index is 1.63. The predicted molar refractivity (Wildman–Crippen MR) is 140 cm³/mol. The molecule has 8 heteroatoms.